The van der Waals surface area contributed by atoms with Gasteiger partial charge >= 0.3 is 5.97 Å². The van der Waals surface area contributed by atoms with Crippen LogP contribution in [0.2, 0.25) is 5.02 Å². The van der Waals surface area contributed by atoms with E-state index < -0.39 is 22.1 Å². The minimum Gasteiger partial charge on any atom is -0.481 e. The van der Waals surface area contributed by atoms with Crippen LogP contribution in [0.1, 0.15) is 11.5 Å². The van der Waals surface area contributed by atoms with E-state index >= 15 is 0 Å². The van der Waals surface area contributed by atoms with E-state index in [-0.39, 0.29) is 0 Å². The Morgan fingerprint density at radius 2 is 2.06 bits per heavy atom. The molecule has 1 fully saturated rings. The lowest BCUT2D eigenvalue weighted by atomic mass is 10.1. The van der Waals surface area contributed by atoms with Crippen LogP contribution in [0.25, 0.3) is 0 Å². The highest BCUT2D eigenvalue weighted by Crippen LogP contribution is 2.65. The van der Waals surface area contributed by atoms with Gasteiger partial charge in [0, 0.05) is 10.4 Å². The summed E-state index contributed by atoms with van der Waals surface area (Å²) in [5, 5.41) is 9.45. The van der Waals surface area contributed by atoms with E-state index in [1.54, 1.807) is 18.2 Å². The molecule has 1 aliphatic rings. The first-order chi connectivity index (χ1) is 7.35. The smallest absolute Gasteiger partial charge is 0.310 e. The average Bonchev–Trinajstić information content (AvgIpc) is 2.74. The molecule has 0 heterocycles. The number of carboxylic acid groups (broad SMARTS) is 1. The summed E-state index contributed by atoms with van der Waals surface area (Å²) < 4.78 is -0.483. The first-order valence-corrected chi connectivity index (χ1v) is 6.34. The van der Waals surface area contributed by atoms with Crippen LogP contribution in [0.3, 0.4) is 0 Å². The minimum atomic E-state index is -1.23. The predicted molar refractivity (Wildman–Crippen MR) is 67.5 cm³/mol. The van der Waals surface area contributed by atoms with Crippen LogP contribution < -0.4 is 0 Å². The van der Waals surface area contributed by atoms with Crippen LogP contribution in [-0.4, -0.2) is 15.4 Å². The van der Waals surface area contributed by atoms with Crippen LogP contribution in [-0.2, 0) is 4.79 Å². The van der Waals surface area contributed by atoms with E-state index in [9.17, 15) is 4.79 Å². The molecule has 0 amide bonds. The zero-order valence-corrected chi connectivity index (χ0v) is 11.6. The van der Waals surface area contributed by atoms with E-state index in [2.05, 4.69) is 15.9 Å². The highest BCUT2D eigenvalue weighted by Gasteiger charge is 2.68. The van der Waals surface area contributed by atoms with Gasteiger partial charge in [0.1, 0.15) is 4.33 Å². The maximum absolute atomic E-state index is 10.9. The van der Waals surface area contributed by atoms with Crippen molar-refractivity contribution in [1.82, 2.24) is 0 Å². The molecule has 2 rings (SSSR count). The lowest BCUT2D eigenvalue weighted by molar-refractivity contribution is -0.138. The van der Waals surface area contributed by atoms with Crippen LogP contribution in [0, 0.1) is 5.92 Å². The second kappa shape index (κ2) is 4.05. The summed E-state index contributed by atoms with van der Waals surface area (Å²) in [6.45, 7) is 0. The molecule has 6 heteroatoms. The molecule has 1 aromatic rings. The molecule has 0 aliphatic heterocycles. The van der Waals surface area contributed by atoms with Crippen molar-refractivity contribution in [2.24, 2.45) is 5.92 Å². The summed E-state index contributed by atoms with van der Waals surface area (Å²) in [5.41, 5.74) is 0.741. The number of alkyl halides is 2. The number of aliphatic carboxylic acids is 1. The largest absolute Gasteiger partial charge is 0.481 e. The fourth-order valence-electron chi connectivity index (χ4n) is 1.75. The molecule has 0 saturated heterocycles. The third kappa shape index (κ3) is 1.94. The minimum absolute atomic E-state index is 0.404. The maximum Gasteiger partial charge on any atom is 0.310 e. The van der Waals surface area contributed by atoms with Crippen LogP contribution in [0.4, 0.5) is 0 Å². The number of carbonyl (C=O) groups is 1. The zero-order valence-electron chi connectivity index (χ0n) is 7.75. The molecule has 2 atom stereocenters. The molecule has 0 aromatic heterocycles. The zero-order chi connectivity index (χ0) is 12.1. The lowest BCUT2D eigenvalue weighted by Gasteiger charge is -2.02. The van der Waals surface area contributed by atoms with E-state index in [1.165, 1.54) is 0 Å². The van der Waals surface area contributed by atoms with Gasteiger partial charge in [0.05, 0.1) is 10.9 Å². The summed E-state index contributed by atoms with van der Waals surface area (Å²) in [5.74, 6) is -2.17. The van der Waals surface area contributed by atoms with Crippen molar-refractivity contribution in [2.75, 3.05) is 0 Å². The molecule has 0 radical (unpaired) electrons. The first kappa shape index (κ1) is 12.5. The topological polar surface area (TPSA) is 37.3 Å². The van der Waals surface area contributed by atoms with Gasteiger partial charge in [-0.15, -0.1) is 0 Å². The standard InChI is InChI=1S/C10H6BrCl3O2/c11-5-2-1-4(3-6(5)12)7-8(9(15)16)10(7,13)14/h1-3,7-8H,(H,15,16)/t7-,8+/m0/s1. The van der Waals surface area contributed by atoms with Gasteiger partial charge in [0.2, 0.25) is 0 Å². The molecule has 2 nitrogen and oxygen atoms in total. The van der Waals surface area contributed by atoms with E-state index in [0.29, 0.717) is 5.02 Å². The lowest BCUT2D eigenvalue weighted by Crippen LogP contribution is -2.03. The van der Waals surface area contributed by atoms with Gasteiger partial charge in [-0.3, -0.25) is 4.79 Å². The fourth-order valence-corrected chi connectivity index (χ4v) is 3.01. The van der Waals surface area contributed by atoms with Gasteiger partial charge in [0.15, 0.2) is 0 Å². The van der Waals surface area contributed by atoms with Crippen LogP contribution >= 0.6 is 50.7 Å². The second-order valence-corrected chi connectivity index (χ2v) is 6.35. The predicted octanol–water partition coefficient (Wildman–Crippen LogP) is 4.07. The summed E-state index contributed by atoms with van der Waals surface area (Å²) >= 11 is 21.0. The Morgan fingerprint density at radius 1 is 1.44 bits per heavy atom. The monoisotopic (exact) mass is 342 g/mol. The Kier molecular flexibility index (Phi) is 3.17. The second-order valence-electron chi connectivity index (χ2n) is 3.64. The molecule has 1 saturated carbocycles. The van der Waals surface area contributed by atoms with Crippen LogP contribution in [0.15, 0.2) is 22.7 Å². The van der Waals surface area contributed by atoms with Crippen molar-refractivity contribution in [3.05, 3.63) is 33.3 Å². The molecule has 0 unspecified atom stereocenters. The third-order valence-electron chi connectivity index (χ3n) is 2.62. The van der Waals surface area contributed by atoms with Crippen molar-refractivity contribution in [1.29, 1.82) is 0 Å². The third-order valence-corrected chi connectivity index (χ3v) is 4.80. The number of halogens is 4. The number of rotatable bonds is 2. The summed E-state index contributed by atoms with van der Waals surface area (Å²) in [6.07, 6.45) is 0. The Balaban J connectivity index is 2.33. The van der Waals surface area contributed by atoms with Gasteiger partial charge in [-0.05, 0) is 33.6 Å². The number of benzene rings is 1. The molecule has 1 aromatic carbocycles. The Morgan fingerprint density at radius 3 is 2.50 bits per heavy atom. The molecule has 16 heavy (non-hydrogen) atoms. The summed E-state index contributed by atoms with van der Waals surface area (Å²) in [7, 11) is 0. The van der Waals surface area contributed by atoms with Gasteiger partial charge in [-0.1, -0.05) is 40.9 Å². The van der Waals surface area contributed by atoms with Gasteiger partial charge in [0.25, 0.3) is 0 Å². The van der Waals surface area contributed by atoms with Crippen molar-refractivity contribution >= 4 is 56.7 Å². The Hall–Kier alpha value is 0.0400. The highest BCUT2D eigenvalue weighted by atomic mass is 79.9. The van der Waals surface area contributed by atoms with Gasteiger partial charge in [-0.2, -0.15) is 0 Å². The maximum atomic E-state index is 10.9. The first-order valence-electron chi connectivity index (χ1n) is 4.41. The highest BCUT2D eigenvalue weighted by molar-refractivity contribution is 9.10. The molecular weight excluding hydrogens is 338 g/mol. The molecule has 1 aliphatic carbocycles. The number of hydrogen-bond donors (Lipinski definition) is 1. The van der Waals surface area contributed by atoms with Crippen molar-refractivity contribution in [3.8, 4) is 0 Å². The molecule has 0 spiro atoms. The van der Waals surface area contributed by atoms with Crippen molar-refractivity contribution in [2.45, 2.75) is 10.3 Å². The summed E-state index contributed by atoms with van der Waals surface area (Å²) in [6, 6.07) is 5.20. The quantitative estimate of drug-likeness (QED) is 0.821. The SMILES string of the molecule is O=C(O)[C@H]1[C@H](c2ccc(Br)c(Cl)c2)C1(Cl)Cl. The van der Waals surface area contributed by atoms with Crippen molar-refractivity contribution in [3.63, 3.8) is 0 Å². The molecule has 1 N–H and O–H groups in total. The van der Waals surface area contributed by atoms with Gasteiger partial charge in [-0.25, -0.2) is 0 Å². The summed E-state index contributed by atoms with van der Waals surface area (Å²) in [4.78, 5) is 10.9. The molecule has 0 bridgehead atoms. The van der Waals surface area contributed by atoms with Crippen LogP contribution in [0.5, 0.6) is 0 Å². The Labute approximate surface area is 116 Å². The van der Waals surface area contributed by atoms with Crippen molar-refractivity contribution < 1.29 is 9.90 Å². The molecule has 86 valence electrons. The fraction of sp³-hybridized carbons (Fsp3) is 0.300. The average molecular weight is 344 g/mol. The molecular formula is C10H6BrCl3O2. The van der Waals surface area contributed by atoms with Gasteiger partial charge < -0.3 is 5.11 Å². The number of carboxylic acids is 1. The van der Waals surface area contributed by atoms with E-state index in [0.717, 1.165) is 10.0 Å². The normalized spacial score (nSPS) is 26.5. The number of hydrogen-bond acceptors (Lipinski definition) is 1. The Bertz CT molecular complexity index is 461. The van der Waals surface area contributed by atoms with E-state index in [4.69, 9.17) is 39.9 Å². The van der Waals surface area contributed by atoms with E-state index in [1.807, 2.05) is 0 Å².